The zero-order valence-corrected chi connectivity index (χ0v) is 8.15. The second kappa shape index (κ2) is 4.29. The molecule has 0 aliphatic rings. The van der Waals surface area contributed by atoms with Gasteiger partial charge in [0.25, 0.3) is 0 Å². The Bertz CT molecular complexity index is 336. The lowest BCUT2D eigenvalue weighted by Gasteiger charge is -2.13. The minimum Gasteiger partial charge on any atom is -0.399 e. The SMILES string of the molecule is CNc1ccc(N)cc1NCC(F)(F)F. The highest BCUT2D eigenvalue weighted by Crippen LogP contribution is 2.25. The third-order valence-electron chi connectivity index (χ3n) is 1.79. The smallest absolute Gasteiger partial charge is 0.399 e. The van der Waals surface area contributed by atoms with E-state index in [-0.39, 0.29) is 0 Å². The minimum atomic E-state index is -4.24. The molecule has 0 unspecified atom stereocenters. The highest BCUT2D eigenvalue weighted by Gasteiger charge is 2.26. The molecular weight excluding hydrogens is 207 g/mol. The van der Waals surface area contributed by atoms with Crippen molar-refractivity contribution in [3.05, 3.63) is 18.2 Å². The lowest BCUT2D eigenvalue weighted by atomic mass is 10.2. The average Bonchev–Trinajstić information content (AvgIpc) is 2.14. The number of nitrogens with one attached hydrogen (secondary N) is 2. The van der Waals surface area contributed by atoms with E-state index in [1.807, 2.05) is 0 Å². The van der Waals surface area contributed by atoms with Gasteiger partial charge in [0.05, 0.1) is 11.4 Å². The Labute approximate surface area is 85.5 Å². The van der Waals surface area contributed by atoms with Crippen LogP contribution in [0.2, 0.25) is 0 Å². The first-order valence-corrected chi connectivity index (χ1v) is 4.30. The van der Waals surface area contributed by atoms with E-state index in [2.05, 4.69) is 10.6 Å². The molecule has 0 fully saturated rings. The number of rotatable bonds is 3. The quantitative estimate of drug-likeness (QED) is 0.683. The minimum absolute atomic E-state index is 0.342. The van der Waals surface area contributed by atoms with E-state index in [4.69, 9.17) is 5.73 Å². The van der Waals surface area contributed by atoms with Crippen molar-refractivity contribution in [1.29, 1.82) is 0 Å². The van der Waals surface area contributed by atoms with Crippen molar-refractivity contribution in [1.82, 2.24) is 0 Å². The van der Waals surface area contributed by atoms with Gasteiger partial charge in [-0.25, -0.2) is 0 Å². The van der Waals surface area contributed by atoms with Gasteiger partial charge in [0, 0.05) is 12.7 Å². The van der Waals surface area contributed by atoms with Gasteiger partial charge in [-0.1, -0.05) is 0 Å². The lowest BCUT2D eigenvalue weighted by Crippen LogP contribution is -2.21. The summed E-state index contributed by atoms with van der Waals surface area (Å²) in [6, 6.07) is 4.69. The Kier molecular flexibility index (Phi) is 3.28. The molecule has 0 atom stereocenters. The summed E-state index contributed by atoms with van der Waals surface area (Å²) in [5.41, 5.74) is 6.81. The van der Waals surface area contributed by atoms with Crippen molar-refractivity contribution in [3.8, 4) is 0 Å². The fourth-order valence-electron chi connectivity index (χ4n) is 1.12. The first-order valence-electron chi connectivity index (χ1n) is 4.30. The van der Waals surface area contributed by atoms with E-state index in [0.29, 0.717) is 17.1 Å². The number of nitrogens with two attached hydrogens (primary N) is 1. The Balaban J connectivity index is 2.79. The van der Waals surface area contributed by atoms with Crippen LogP contribution in [0.1, 0.15) is 0 Å². The zero-order valence-electron chi connectivity index (χ0n) is 8.15. The maximum absolute atomic E-state index is 12.0. The predicted molar refractivity (Wildman–Crippen MR) is 54.9 cm³/mol. The molecule has 0 amide bonds. The van der Waals surface area contributed by atoms with Crippen LogP contribution >= 0.6 is 0 Å². The van der Waals surface area contributed by atoms with Crippen LogP contribution in [0.25, 0.3) is 0 Å². The van der Waals surface area contributed by atoms with Crippen molar-refractivity contribution < 1.29 is 13.2 Å². The molecule has 15 heavy (non-hydrogen) atoms. The summed E-state index contributed by atoms with van der Waals surface area (Å²) in [5, 5.41) is 5.05. The Hall–Kier alpha value is -1.59. The average molecular weight is 219 g/mol. The molecule has 0 spiro atoms. The van der Waals surface area contributed by atoms with Crippen LogP contribution in [-0.4, -0.2) is 19.8 Å². The van der Waals surface area contributed by atoms with E-state index in [0.717, 1.165) is 0 Å². The van der Waals surface area contributed by atoms with Crippen molar-refractivity contribution in [2.45, 2.75) is 6.18 Å². The number of hydrogen-bond acceptors (Lipinski definition) is 3. The van der Waals surface area contributed by atoms with Crippen LogP contribution in [0.5, 0.6) is 0 Å². The van der Waals surface area contributed by atoms with Crippen LogP contribution in [0.3, 0.4) is 0 Å². The fraction of sp³-hybridized carbons (Fsp3) is 0.333. The second-order valence-electron chi connectivity index (χ2n) is 3.02. The molecule has 0 heterocycles. The van der Waals surface area contributed by atoms with Crippen molar-refractivity contribution in [2.75, 3.05) is 30.0 Å². The van der Waals surface area contributed by atoms with Gasteiger partial charge in [-0.15, -0.1) is 0 Å². The zero-order chi connectivity index (χ0) is 11.5. The van der Waals surface area contributed by atoms with Crippen LogP contribution in [0.15, 0.2) is 18.2 Å². The van der Waals surface area contributed by atoms with Gasteiger partial charge in [-0.3, -0.25) is 0 Å². The third-order valence-corrected chi connectivity index (χ3v) is 1.79. The van der Waals surface area contributed by atoms with Crippen molar-refractivity contribution in [2.24, 2.45) is 0 Å². The molecule has 0 bridgehead atoms. The Morgan fingerprint density at radius 2 is 1.93 bits per heavy atom. The van der Waals surface area contributed by atoms with Crippen molar-refractivity contribution >= 4 is 17.1 Å². The summed E-state index contributed by atoms with van der Waals surface area (Å²) in [5.74, 6) is 0. The second-order valence-corrected chi connectivity index (χ2v) is 3.02. The van der Waals surface area contributed by atoms with Gasteiger partial charge < -0.3 is 16.4 Å². The van der Waals surface area contributed by atoms with E-state index >= 15 is 0 Å². The van der Waals surface area contributed by atoms with E-state index in [1.54, 1.807) is 19.2 Å². The molecule has 4 N–H and O–H groups in total. The normalized spacial score (nSPS) is 11.2. The van der Waals surface area contributed by atoms with Gasteiger partial charge >= 0.3 is 6.18 Å². The molecule has 0 aromatic heterocycles. The molecule has 1 rings (SSSR count). The number of halogens is 3. The highest BCUT2D eigenvalue weighted by molar-refractivity contribution is 5.72. The van der Waals surface area contributed by atoms with Gasteiger partial charge in [0.1, 0.15) is 6.54 Å². The molecule has 6 heteroatoms. The van der Waals surface area contributed by atoms with Crippen LogP contribution in [-0.2, 0) is 0 Å². The number of nitrogen functional groups attached to an aromatic ring is 1. The third kappa shape index (κ3) is 3.57. The fourth-order valence-corrected chi connectivity index (χ4v) is 1.12. The van der Waals surface area contributed by atoms with E-state index in [1.165, 1.54) is 6.07 Å². The summed E-state index contributed by atoms with van der Waals surface area (Å²) in [4.78, 5) is 0. The van der Waals surface area contributed by atoms with Gasteiger partial charge in [0.2, 0.25) is 0 Å². The van der Waals surface area contributed by atoms with Gasteiger partial charge in [-0.05, 0) is 18.2 Å². The monoisotopic (exact) mass is 219 g/mol. The van der Waals surface area contributed by atoms with E-state index in [9.17, 15) is 13.2 Å². The first kappa shape index (κ1) is 11.5. The number of alkyl halides is 3. The molecule has 0 aliphatic heterocycles. The molecule has 1 aromatic carbocycles. The molecule has 0 aliphatic carbocycles. The maximum Gasteiger partial charge on any atom is 0.405 e. The van der Waals surface area contributed by atoms with E-state index < -0.39 is 12.7 Å². The van der Waals surface area contributed by atoms with Gasteiger partial charge in [-0.2, -0.15) is 13.2 Å². The van der Waals surface area contributed by atoms with Crippen molar-refractivity contribution in [3.63, 3.8) is 0 Å². The first-order chi connectivity index (χ1) is 6.92. The summed E-state index contributed by atoms with van der Waals surface area (Å²) < 4.78 is 35.9. The lowest BCUT2D eigenvalue weighted by molar-refractivity contribution is -0.115. The Morgan fingerprint density at radius 3 is 2.47 bits per heavy atom. The molecule has 0 saturated carbocycles. The summed E-state index contributed by atoms with van der Waals surface area (Å²) in [6.07, 6.45) is -4.24. The molecule has 0 saturated heterocycles. The summed E-state index contributed by atoms with van der Waals surface area (Å²) in [7, 11) is 1.63. The number of anilines is 3. The van der Waals surface area contributed by atoms with Crippen LogP contribution in [0.4, 0.5) is 30.2 Å². The molecule has 84 valence electrons. The predicted octanol–water partition coefficient (Wildman–Crippen LogP) is 2.28. The highest BCUT2D eigenvalue weighted by atomic mass is 19.4. The largest absolute Gasteiger partial charge is 0.405 e. The number of benzene rings is 1. The van der Waals surface area contributed by atoms with Gasteiger partial charge in [0.15, 0.2) is 0 Å². The molecule has 3 nitrogen and oxygen atoms in total. The van der Waals surface area contributed by atoms with Crippen LogP contribution in [0, 0.1) is 0 Å². The topological polar surface area (TPSA) is 50.1 Å². The standard InChI is InChI=1S/C9H12F3N3/c1-14-7-3-2-6(13)4-8(7)15-5-9(10,11)12/h2-4,14-15H,5,13H2,1H3. The maximum atomic E-state index is 12.0. The molecule has 1 aromatic rings. The summed E-state index contributed by atoms with van der Waals surface area (Å²) >= 11 is 0. The number of hydrogen-bond donors (Lipinski definition) is 3. The summed E-state index contributed by atoms with van der Waals surface area (Å²) in [6.45, 7) is -1.08. The molecule has 0 radical (unpaired) electrons. The Morgan fingerprint density at radius 1 is 1.27 bits per heavy atom. The van der Waals surface area contributed by atoms with Crippen LogP contribution < -0.4 is 16.4 Å². The molecular formula is C9H12F3N3.